The predicted octanol–water partition coefficient (Wildman–Crippen LogP) is 5.36. The molecule has 1 aliphatic rings. The first-order chi connectivity index (χ1) is 14.1. The van der Waals surface area contributed by atoms with Gasteiger partial charge in [-0.25, -0.2) is 0 Å². The molecule has 10 heteroatoms. The van der Waals surface area contributed by atoms with Gasteiger partial charge in [0.1, 0.15) is 0 Å². The minimum atomic E-state index is -5.04. The Bertz CT molecular complexity index is 1160. The third kappa shape index (κ3) is 3.94. The summed E-state index contributed by atoms with van der Waals surface area (Å²) < 4.78 is 79.5. The van der Waals surface area contributed by atoms with Gasteiger partial charge < -0.3 is 0 Å². The zero-order chi connectivity index (χ0) is 22.1. The quantitative estimate of drug-likeness (QED) is 0.462. The molecule has 0 N–H and O–H groups in total. The Balaban J connectivity index is 2.36. The van der Waals surface area contributed by atoms with E-state index in [0.29, 0.717) is 17.7 Å². The zero-order valence-electron chi connectivity index (χ0n) is 14.7. The average molecular weight is 418 g/mol. The van der Waals surface area contributed by atoms with Gasteiger partial charge in [-0.3, -0.25) is 0 Å². The van der Waals surface area contributed by atoms with Crippen LogP contribution in [0.3, 0.4) is 0 Å². The Morgan fingerprint density at radius 3 is 1.77 bits per heavy atom. The number of alkyl halides is 6. The van der Waals surface area contributed by atoms with Gasteiger partial charge in [0.05, 0.1) is 22.6 Å². The molecule has 4 nitrogen and oxygen atoms in total. The highest BCUT2D eigenvalue weighted by molar-refractivity contribution is 6.41. The second-order valence-corrected chi connectivity index (χ2v) is 6.06. The highest BCUT2D eigenvalue weighted by Crippen LogP contribution is 2.39. The first-order valence-corrected chi connectivity index (χ1v) is 8.11. The van der Waals surface area contributed by atoms with Gasteiger partial charge in [-0.2, -0.15) is 46.9 Å². The molecule has 0 unspecified atom stereocenters. The van der Waals surface area contributed by atoms with Crippen molar-refractivity contribution in [2.45, 2.75) is 12.4 Å². The largest absolute Gasteiger partial charge is 0.416 e. The fourth-order valence-corrected chi connectivity index (χ4v) is 2.99. The summed E-state index contributed by atoms with van der Waals surface area (Å²) in [6.45, 7) is 0. The van der Waals surface area contributed by atoms with Crippen LogP contribution in [0.2, 0.25) is 0 Å². The molecular formula is C20H8F6N4. The van der Waals surface area contributed by atoms with Crippen LogP contribution >= 0.6 is 0 Å². The number of fused-ring (bicyclic) bond motifs is 1. The van der Waals surface area contributed by atoms with Crippen LogP contribution in [0.15, 0.2) is 58.5 Å². The third-order valence-electron chi connectivity index (χ3n) is 4.23. The summed E-state index contributed by atoms with van der Waals surface area (Å²) >= 11 is 0. The van der Waals surface area contributed by atoms with Crippen molar-refractivity contribution in [3.63, 3.8) is 0 Å². The minimum absolute atomic E-state index is 0.00617. The van der Waals surface area contributed by atoms with Gasteiger partial charge in [0, 0.05) is 16.7 Å². The summed E-state index contributed by atoms with van der Waals surface area (Å²) in [5, 5.41) is 18.0. The molecule has 0 amide bonds. The van der Waals surface area contributed by atoms with E-state index in [1.54, 1.807) is 24.4 Å². The fraction of sp³-hybridized carbons (Fsp3) is 0.100. The average Bonchev–Trinajstić information content (AvgIpc) is 2.68. The van der Waals surface area contributed by atoms with Crippen molar-refractivity contribution in [1.82, 2.24) is 0 Å². The second kappa shape index (κ2) is 7.48. The summed E-state index contributed by atoms with van der Waals surface area (Å²) in [5.74, 6) is 0. The van der Waals surface area contributed by atoms with Crippen molar-refractivity contribution in [3.8, 4) is 12.4 Å². The molecule has 150 valence electrons. The van der Waals surface area contributed by atoms with E-state index >= 15 is 0 Å². The van der Waals surface area contributed by atoms with E-state index in [1.165, 1.54) is 12.3 Å². The zero-order valence-corrected chi connectivity index (χ0v) is 14.7. The number of nitrogens with zero attached hydrogens (tertiary/aromatic N) is 4. The first-order valence-electron chi connectivity index (χ1n) is 8.11. The molecule has 0 saturated heterocycles. The third-order valence-corrected chi connectivity index (χ3v) is 4.23. The number of hydrogen-bond donors (Lipinski definition) is 0. The van der Waals surface area contributed by atoms with Gasteiger partial charge >= 0.3 is 12.4 Å². The highest BCUT2D eigenvalue weighted by Gasteiger charge is 2.38. The van der Waals surface area contributed by atoms with Crippen LogP contribution in [-0.4, -0.2) is 11.4 Å². The molecule has 1 aliphatic carbocycles. The highest BCUT2D eigenvalue weighted by atomic mass is 19.4. The van der Waals surface area contributed by atoms with Gasteiger partial charge in [0.25, 0.3) is 0 Å². The molecule has 0 atom stereocenters. The Hall–Kier alpha value is -3.92. The molecule has 2 aromatic carbocycles. The molecule has 0 spiro atoms. The van der Waals surface area contributed by atoms with Gasteiger partial charge in [-0.05, 0) is 29.8 Å². The fourth-order valence-electron chi connectivity index (χ4n) is 2.99. The normalized spacial score (nSPS) is 16.6. The molecule has 0 heterocycles. The Kier molecular flexibility index (Phi) is 5.19. The molecule has 0 aliphatic heterocycles. The summed E-state index contributed by atoms with van der Waals surface area (Å²) in [6, 6.07) is 7.24. The number of hydrogen-bond acceptors (Lipinski definition) is 4. The number of halogens is 6. The van der Waals surface area contributed by atoms with Crippen molar-refractivity contribution >= 4 is 17.0 Å². The SMILES string of the molecule is N#CN=C1C=C(c2cc(C(F)(F)F)cc(C(F)(F)F)c2)C(=NC#N)c2ccccc21. The van der Waals surface area contributed by atoms with Crippen molar-refractivity contribution in [2.24, 2.45) is 9.98 Å². The van der Waals surface area contributed by atoms with E-state index in [0.717, 1.165) is 6.08 Å². The van der Waals surface area contributed by atoms with Crippen molar-refractivity contribution < 1.29 is 26.3 Å². The van der Waals surface area contributed by atoms with E-state index < -0.39 is 29.0 Å². The van der Waals surface area contributed by atoms with Crippen molar-refractivity contribution in [2.75, 3.05) is 0 Å². The molecule has 0 fully saturated rings. The van der Waals surface area contributed by atoms with Crippen LogP contribution < -0.4 is 0 Å². The molecule has 2 aromatic rings. The second-order valence-electron chi connectivity index (χ2n) is 6.06. The molecule has 3 rings (SSSR count). The summed E-state index contributed by atoms with van der Waals surface area (Å²) in [7, 11) is 0. The van der Waals surface area contributed by atoms with Gasteiger partial charge in [-0.1, -0.05) is 24.3 Å². The Labute approximate surface area is 165 Å². The van der Waals surface area contributed by atoms with Crippen LogP contribution in [0.25, 0.3) is 5.57 Å². The number of rotatable bonds is 1. The molecular weight excluding hydrogens is 410 g/mol. The van der Waals surface area contributed by atoms with Gasteiger partial charge in [0.15, 0.2) is 0 Å². The van der Waals surface area contributed by atoms with E-state index in [2.05, 4.69) is 9.98 Å². The number of nitriles is 2. The summed E-state index contributed by atoms with van der Waals surface area (Å²) in [5.41, 5.74) is -3.18. The van der Waals surface area contributed by atoms with Crippen LogP contribution in [0.5, 0.6) is 0 Å². The molecule has 0 aromatic heterocycles. The molecule has 0 saturated carbocycles. The minimum Gasteiger partial charge on any atom is -0.173 e. The van der Waals surface area contributed by atoms with Crippen LogP contribution in [-0.2, 0) is 12.4 Å². The van der Waals surface area contributed by atoms with E-state index in [1.807, 2.05) is 0 Å². The summed E-state index contributed by atoms with van der Waals surface area (Å²) in [4.78, 5) is 7.22. The van der Waals surface area contributed by atoms with Gasteiger partial charge in [-0.15, -0.1) is 0 Å². The maximum Gasteiger partial charge on any atom is 0.416 e. The van der Waals surface area contributed by atoms with Crippen LogP contribution in [0, 0.1) is 22.9 Å². The number of aliphatic imine (C=N–C) groups is 2. The van der Waals surface area contributed by atoms with Crippen molar-refractivity contribution in [1.29, 1.82) is 10.5 Å². The molecule has 30 heavy (non-hydrogen) atoms. The number of allylic oxidation sites excluding steroid dienone is 2. The Morgan fingerprint density at radius 2 is 1.27 bits per heavy atom. The standard InChI is InChI=1S/C20H8F6N4/c21-19(22,23)12-5-11(6-13(7-12)20(24,25)26)16-8-17(29-9-27)14-3-1-2-4-15(14)18(16)30-10-28/h1-8H. The lowest BCUT2D eigenvalue weighted by molar-refractivity contribution is -0.143. The first kappa shape index (κ1) is 20.8. The predicted molar refractivity (Wildman–Crippen MR) is 95.2 cm³/mol. The lowest BCUT2D eigenvalue weighted by atomic mass is 9.84. The summed E-state index contributed by atoms with van der Waals surface area (Å²) in [6.07, 6.45) is -5.89. The Morgan fingerprint density at radius 1 is 0.733 bits per heavy atom. The van der Waals surface area contributed by atoms with Crippen LogP contribution in [0.1, 0.15) is 27.8 Å². The lowest BCUT2D eigenvalue weighted by Gasteiger charge is -2.21. The maximum absolute atomic E-state index is 13.2. The van der Waals surface area contributed by atoms with Crippen molar-refractivity contribution in [3.05, 3.63) is 76.4 Å². The topological polar surface area (TPSA) is 72.3 Å². The van der Waals surface area contributed by atoms with E-state index in [-0.39, 0.29) is 28.6 Å². The van der Waals surface area contributed by atoms with E-state index in [9.17, 15) is 26.3 Å². The van der Waals surface area contributed by atoms with E-state index in [4.69, 9.17) is 10.5 Å². The van der Waals surface area contributed by atoms with Crippen LogP contribution in [0.4, 0.5) is 26.3 Å². The maximum atomic E-state index is 13.2. The van der Waals surface area contributed by atoms with Gasteiger partial charge in [0.2, 0.25) is 12.4 Å². The molecule has 0 radical (unpaired) electrons. The molecule has 0 bridgehead atoms. The monoisotopic (exact) mass is 418 g/mol. The number of benzene rings is 2. The lowest BCUT2D eigenvalue weighted by Crippen LogP contribution is -2.19. The smallest absolute Gasteiger partial charge is 0.173 e.